The van der Waals surface area contributed by atoms with E-state index in [0.717, 1.165) is 20.5 Å². The van der Waals surface area contributed by atoms with Crippen LogP contribution in [0.3, 0.4) is 0 Å². The molecule has 2 rings (SSSR count). The van der Waals surface area contributed by atoms with Crippen molar-refractivity contribution >= 4 is 43.4 Å². The third-order valence-corrected chi connectivity index (χ3v) is 3.66. The van der Waals surface area contributed by atoms with Crippen LogP contribution in [0.2, 0.25) is 0 Å². The zero-order chi connectivity index (χ0) is 13.1. The van der Waals surface area contributed by atoms with E-state index in [1.54, 1.807) is 6.20 Å². The van der Waals surface area contributed by atoms with Crippen LogP contribution < -0.4 is 5.32 Å². The zero-order valence-corrected chi connectivity index (χ0v) is 13.4. The average Bonchev–Trinajstić information content (AvgIpc) is 2.33. The van der Waals surface area contributed by atoms with Gasteiger partial charge in [-0.2, -0.15) is 0 Å². The first-order valence-corrected chi connectivity index (χ1v) is 7.33. The molecule has 1 N–H and O–H groups in total. The van der Waals surface area contributed by atoms with Crippen LogP contribution in [0, 0.1) is 0 Å². The number of benzene rings is 1. The molecule has 0 aliphatic carbocycles. The van der Waals surface area contributed by atoms with Gasteiger partial charge in [0.1, 0.15) is 5.82 Å². The number of pyridine rings is 1. The minimum atomic E-state index is 0.521. The summed E-state index contributed by atoms with van der Waals surface area (Å²) in [5, 5.41) is 3.32. The Labute approximate surface area is 124 Å². The quantitative estimate of drug-likeness (QED) is 0.775. The maximum absolute atomic E-state index is 4.34. The van der Waals surface area contributed by atoms with Gasteiger partial charge in [-0.3, -0.25) is 0 Å². The number of rotatable bonds is 3. The fourth-order valence-electron chi connectivity index (χ4n) is 1.62. The lowest BCUT2D eigenvalue weighted by Crippen LogP contribution is -1.96. The van der Waals surface area contributed by atoms with Crippen molar-refractivity contribution in [2.75, 3.05) is 5.32 Å². The van der Waals surface area contributed by atoms with E-state index in [1.165, 1.54) is 5.56 Å². The lowest BCUT2D eigenvalue weighted by atomic mass is 10.0. The summed E-state index contributed by atoms with van der Waals surface area (Å²) in [6, 6.07) is 10.4. The molecular weight excluding hydrogens is 356 g/mol. The topological polar surface area (TPSA) is 24.9 Å². The molecule has 0 bridgehead atoms. The maximum atomic E-state index is 4.34. The van der Waals surface area contributed by atoms with Crippen LogP contribution in [0.15, 0.2) is 45.5 Å². The van der Waals surface area contributed by atoms with Crippen molar-refractivity contribution in [1.29, 1.82) is 0 Å². The molecule has 0 radical (unpaired) electrons. The van der Waals surface area contributed by atoms with Crippen molar-refractivity contribution < 1.29 is 0 Å². The van der Waals surface area contributed by atoms with E-state index >= 15 is 0 Å². The molecule has 0 spiro atoms. The van der Waals surface area contributed by atoms with E-state index in [2.05, 4.69) is 74.2 Å². The fraction of sp³-hybridized carbons (Fsp3) is 0.214. The number of hydrogen-bond donors (Lipinski definition) is 1. The molecule has 0 unspecified atom stereocenters. The molecule has 1 aromatic heterocycles. The predicted octanol–water partition coefficient (Wildman–Crippen LogP) is 5.47. The van der Waals surface area contributed by atoms with Crippen molar-refractivity contribution in [3.05, 3.63) is 51.0 Å². The minimum Gasteiger partial charge on any atom is -0.339 e. The number of anilines is 2. The standard InChI is InChI=1S/C14H14Br2N2/c1-9(2)10-4-3-5-12(6-10)18-14-13(16)7-11(15)8-17-14/h3-9H,1-2H3,(H,17,18). The largest absolute Gasteiger partial charge is 0.339 e. The van der Waals surface area contributed by atoms with Gasteiger partial charge in [0.25, 0.3) is 0 Å². The van der Waals surface area contributed by atoms with Gasteiger partial charge in [-0.25, -0.2) is 4.98 Å². The van der Waals surface area contributed by atoms with Crippen LogP contribution in [0.1, 0.15) is 25.3 Å². The van der Waals surface area contributed by atoms with Crippen LogP contribution in [-0.2, 0) is 0 Å². The molecule has 1 heterocycles. The Hall–Kier alpha value is -0.870. The van der Waals surface area contributed by atoms with Crippen LogP contribution in [0.25, 0.3) is 0 Å². The Morgan fingerprint density at radius 3 is 2.61 bits per heavy atom. The van der Waals surface area contributed by atoms with Crippen LogP contribution in [-0.4, -0.2) is 4.98 Å². The normalized spacial score (nSPS) is 10.7. The Balaban J connectivity index is 2.25. The first-order chi connectivity index (χ1) is 8.56. The Bertz CT molecular complexity index is 553. The molecule has 0 atom stereocenters. The molecule has 0 amide bonds. The summed E-state index contributed by atoms with van der Waals surface area (Å²) >= 11 is 6.89. The summed E-state index contributed by atoms with van der Waals surface area (Å²) < 4.78 is 1.89. The molecule has 18 heavy (non-hydrogen) atoms. The second-order valence-electron chi connectivity index (χ2n) is 4.39. The smallest absolute Gasteiger partial charge is 0.144 e. The number of hydrogen-bond acceptors (Lipinski definition) is 2. The highest BCUT2D eigenvalue weighted by Crippen LogP contribution is 2.27. The Morgan fingerprint density at radius 2 is 1.94 bits per heavy atom. The second kappa shape index (κ2) is 5.85. The van der Waals surface area contributed by atoms with Gasteiger partial charge in [-0.1, -0.05) is 26.0 Å². The summed E-state index contributed by atoms with van der Waals surface area (Å²) in [5.41, 5.74) is 2.37. The van der Waals surface area contributed by atoms with E-state index in [0.29, 0.717) is 5.92 Å². The lowest BCUT2D eigenvalue weighted by molar-refractivity contribution is 0.867. The SMILES string of the molecule is CC(C)c1cccc(Nc2ncc(Br)cc2Br)c1. The van der Waals surface area contributed by atoms with Crippen molar-refractivity contribution in [2.24, 2.45) is 0 Å². The molecule has 0 saturated carbocycles. The third-order valence-electron chi connectivity index (χ3n) is 2.62. The second-order valence-corrected chi connectivity index (χ2v) is 6.16. The van der Waals surface area contributed by atoms with Crippen molar-refractivity contribution in [2.45, 2.75) is 19.8 Å². The molecule has 4 heteroatoms. The van der Waals surface area contributed by atoms with E-state index in [9.17, 15) is 0 Å². The van der Waals surface area contributed by atoms with Crippen molar-refractivity contribution in [3.8, 4) is 0 Å². The molecule has 2 nitrogen and oxygen atoms in total. The molecule has 1 aromatic carbocycles. The molecule has 0 aliphatic heterocycles. The minimum absolute atomic E-state index is 0.521. The number of halogens is 2. The van der Waals surface area contributed by atoms with Gasteiger partial charge < -0.3 is 5.32 Å². The number of aromatic nitrogens is 1. The van der Waals surface area contributed by atoms with E-state index in [-0.39, 0.29) is 0 Å². The first-order valence-electron chi connectivity index (χ1n) is 5.74. The van der Waals surface area contributed by atoms with Gasteiger partial charge in [-0.15, -0.1) is 0 Å². The molecule has 2 aromatic rings. The Kier molecular flexibility index (Phi) is 4.40. The van der Waals surface area contributed by atoms with E-state index < -0.39 is 0 Å². The average molecular weight is 370 g/mol. The van der Waals surface area contributed by atoms with Crippen molar-refractivity contribution in [1.82, 2.24) is 4.98 Å². The van der Waals surface area contributed by atoms with Gasteiger partial charge >= 0.3 is 0 Å². The summed E-state index contributed by atoms with van der Waals surface area (Å²) in [4.78, 5) is 4.34. The van der Waals surface area contributed by atoms with E-state index in [4.69, 9.17) is 0 Å². The summed E-state index contributed by atoms with van der Waals surface area (Å²) in [6.07, 6.45) is 1.78. The summed E-state index contributed by atoms with van der Waals surface area (Å²) in [6.45, 7) is 4.37. The highest BCUT2D eigenvalue weighted by molar-refractivity contribution is 9.11. The first kappa shape index (κ1) is 13.6. The van der Waals surface area contributed by atoms with Crippen LogP contribution in [0.4, 0.5) is 11.5 Å². The van der Waals surface area contributed by atoms with Crippen LogP contribution >= 0.6 is 31.9 Å². The highest BCUT2D eigenvalue weighted by Gasteiger charge is 2.04. The van der Waals surface area contributed by atoms with Gasteiger partial charge in [0, 0.05) is 16.4 Å². The predicted molar refractivity (Wildman–Crippen MR) is 83.5 cm³/mol. The van der Waals surface area contributed by atoms with E-state index in [1.807, 2.05) is 12.1 Å². The third kappa shape index (κ3) is 3.33. The van der Waals surface area contributed by atoms with Gasteiger partial charge in [0.15, 0.2) is 0 Å². The summed E-state index contributed by atoms with van der Waals surface area (Å²) in [5.74, 6) is 1.34. The maximum Gasteiger partial charge on any atom is 0.144 e. The molecule has 0 saturated heterocycles. The monoisotopic (exact) mass is 368 g/mol. The zero-order valence-electron chi connectivity index (χ0n) is 10.2. The molecule has 0 aliphatic rings. The van der Waals surface area contributed by atoms with Gasteiger partial charge in [0.05, 0.1) is 4.47 Å². The molecule has 0 fully saturated rings. The molecular formula is C14H14Br2N2. The molecule has 94 valence electrons. The fourth-order valence-corrected chi connectivity index (χ4v) is 2.71. The number of nitrogens with zero attached hydrogens (tertiary/aromatic N) is 1. The number of nitrogens with one attached hydrogen (secondary N) is 1. The van der Waals surface area contributed by atoms with Crippen LogP contribution in [0.5, 0.6) is 0 Å². The summed E-state index contributed by atoms with van der Waals surface area (Å²) in [7, 11) is 0. The van der Waals surface area contributed by atoms with Crippen molar-refractivity contribution in [3.63, 3.8) is 0 Å². The lowest BCUT2D eigenvalue weighted by Gasteiger charge is -2.11. The van der Waals surface area contributed by atoms with Gasteiger partial charge in [0.2, 0.25) is 0 Å². The highest BCUT2D eigenvalue weighted by atomic mass is 79.9. The Morgan fingerprint density at radius 1 is 1.17 bits per heavy atom. The van der Waals surface area contributed by atoms with Gasteiger partial charge in [-0.05, 0) is 61.5 Å².